The van der Waals surface area contributed by atoms with Gasteiger partial charge in [-0.1, -0.05) is 6.42 Å². The summed E-state index contributed by atoms with van der Waals surface area (Å²) in [6.45, 7) is 0. The van der Waals surface area contributed by atoms with E-state index in [1.165, 1.54) is 32.1 Å². The second kappa shape index (κ2) is 2.98. The highest BCUT2D eigenvalue weighted by atomic mass is 16.4. The Labute approximate surface area is 84.7 Å². The zero-order chi connectivity index (χ0) is 9.71. The highest BCUT2D eigenvalue weighted by molar-refractivity contribution is 5.67. The van der Waals surface area contributed by atoms with E-state index >= 15 is 0 Å². The minimum absolute atomic E-state index is 0.435. The standard InChI is InChI=1S/C12H18O2/c13-12(14)6-8-4-7-5-11(8)10-3-1-2-9(7)10/h7-11H,1-6H2,(H,13,14)/t7-,8+,9+,10+,11-/m1/s1. The average Bonchev–Trinajstić information content (AvgIpc) is 2.68. The Hall–Kier alpha value is -0.530. The molecule has 14 heavy (non-hydrogen) atoms. The number of carbonyl (C=O) groups is 1. The first-order valence-electron chi connectivity index (χ1n) is 5.97. The molecule has 3 rings (SSSR count). The molecule has 2 nitrogen and oxygen atoms in total. The molecule has 0 saturated heterocycles. The van der Waals surface area contributed by atoms with Crippen molar-refractivity contribution in [1.82, 2.24) is 0 Å². The van der Waals surface area contributed by atoms with Gasteiger partial charge in [0.25, 0.3) is 0 Å². The highest BCUT2D eigenvalue weighted by Crippen LogP contribution is 2.61. The molecule has 3 fully saturated rings. The Kier molecular flexibility index (Phi) is 1.86. The van der Waals surface area contributed by atoms with E-state index in [2.05, 4.69) is 0 Å². The second-order valence-electron chi connectivity index (χ2n) is 5.51. The lowest BCUT2D eigenvalue weighted by atomic mass is 9.74. The van der Waals surface area contributed by atoms with E-state index in [1.54, 1.807) is 0 Å². The van der Waals surface area contributed by atoms with Gasteiger partial charge in [-0.25, -0.2) is 0 Å². The molecule has 0 aliphatic heterocycles. The van der Waals surface area contributed by atoms with Crippen LogP contribution in [0.3, 0.4) is 0 Å². The van der Waals surface area contributed by atoms with Gasteiger partial charge in [0.05, 0.1) is 0 Å². The smallest absolute Gasteiger partial charge is 0.303 e. The number of carboxylic acids is 1. The Morgan fingerprint density at radius 1 is 1.14 bits per heavy atom. The molecule has 0 aromatic rings. The summed E-state index contributed by atoms with van der Waals surface area (Å²) in [7, 11) is 0. The van der Waals surface area contributed by atoms with Crippen LogP contribution in [0.2, 0.25) is 0 Å². The molecular weight excluding hydrogens is 176 g/mol. The predicted octanol–water partition coefficient (Wildman–Crippen LogP) is 2.53. The van der Waals surface area contributed by atoms with E-state index in [1.807, 2.05) is 0 Å². The van der Waals surface area contributed by atoms with E-state index in [4.69, 9.17) is 5.11 Å². The van der Waals surface area contributed by atoms with Crippen LogP contribution in [0.1, 0.15) is 38.5 Å². The van der Waals surface area contributed by atoms with Crippen molar-refractivity contribution in [2.75, 3.05) is 0 Å². The molecule has 0 aromatic heterocycles. The molecule has 3 aliphatic carbocycles. The molecule has 0 radical (unpaired) electrons. The molecule has 0 unspecified atom stereocenters. The predicted molar refractivity (Wildman–Crippen MR) is 52.8 cm³/mol. The van der Waals surface area contributed by atoms with Crippen LogP contribution in [0.15, 0.2) is 0 Å². The fourth-order valence-electron chi connectivity index (χ4n) is 4.67. The Morgan fingerprint density at radius 2 is 1.93 bits per heavy atom. The van der Waals surface area contributed by atoms with E-state index < -0.39 is 5.97 Å². The third-order valence-electron chi connectivity index (χ3n) is 5.00. The van der Waals surface area contributed by atoms with Crippen LogP contribution in [0.25, 0.3) is 0 Å². The fourth-order valence-corrected chi connectivity index (χ4v) is 4.67. The van der Waals surface area contributed by atoms with Gasteiger partial charge in [0, 0.05) is 6.42 Å². The van der Waals surface area contributed by atoms with Crippen LogP contribution in [0.4, 0.5) is 0 Å². The Balaban J connectivity index is 1.73. The number of fused-ring (bicyclic) bond motifs is 5. The fraction of sp³-hybridized carbons (Fsp3) is 0.917. The summed E-state index contributed by atoms with van der Waals surface area (Å²) < 4.78 is 0. The van der Waals surface area contributed by atoms with Crippen molar-refractivity contribution in [3.8, 4) is 0 Å². The molecule has 1 N–H and O–H groups in total. The first-order chi connectivity index (χ1) is 6.75. The van der Waals surface area contributed by atoms with E-state index in [0.29, 0.717) is 12.3 Å². The van der Waals surface area contributed by atoms with Crippen molar-refractivity contribution in [2.45, 2.75) is 38.5 Å². The minimum Gasteiger partial charge on any atom is -0.481 e. The zero-order valence-corrected chi connectivity index (χ0v) is 8.48. The number of hydrogen-bond acceptors (Lipinski definition) is 1. The zero-order valence-electron chi connectivity index (χ0n) is 8.48. The SMILES string of the molecule is O=C(O)C[C@@H]1C[C@@H]2C[C@H]1[C@H]1CCC[C@@H]21. The normalized spacial score (nSPS) is 49.6. The molecule has 3 aliphatic rings. The van der Waals surface area contributed by atoms with Crippen molar-refractivity contribution in [1.29, 1.82) is 0 Å². The largest absolute Gasteiger partial charge is 0.481 e. The topological polar surface area (TPSA) is 37.3 Å². The number of rotatable bonds is 2. The summed E-state index contributed by atoms with van der Waals surface area (Å²) in [5, 5.41) is 8.84. The van der Waals surface area contributed by atoms with Crippen molar-refractivity contribution >= 4 is 5.97 Å². The van der Waals surface area contributed by atoms with Gasteiger partial charge in [-0.05, 0) is 55.3 Å². The highest BCUT2D eigenvalue weighted by Gasteiger charge is 2.53. The molecule has 5 atom stereocenters. The second-order valence-corrected chi connectivity index (χ2v) is 5.51. The summed E-state index contributed by atoms with van der Waals surface area (Å²) in [6, 6.07) is 0. The maximum atomic E-state index is 10.7. The number of aliphatic carboxylic acids is 1. The Morgan fingerprint density at radius 3 is 2.71 bits per heavy atom. The van der Waals surface area contributed by atoms with Gasteiger partial charge >= 0.3 is 5.97 Å². The van der Waals surface area contributed by atoms with Crippen molar-refractivity contribution in [2.24, 2.45) is 29.6 Å². The van der Waals surface area contributed by atoms with Crippen LogP contribution in [0, 0.1) is 29.6 Å². The summed E-state index contributed by atoms with van der Waals surface area (Å²) in [6.07, 6.45) is 7.24. The molecule has 2 heteroatoms. The summed E-state index contributed by atoms with van der Waals surface area (Å²) in [5.41, 5.74) is 0. The maximum Gasteiger partial charge on any atom is 0.303 e. The molecule has 3 saturated carbocycles. The van der Waals surface area contributed by atoms with Crippen LogP contribution < -0.4 is 0 Å². The van der Waals surface area contributed by atoms with Gasteiger partial charge in [0.1, 0.15) is 0 Å². The lowest BCUT2D eigenvalue weighted by Gasteiger charge is -2.30. The first kappa shape index (κ1) is 8.75. The molecule has 0 heterocycles. The van der Waals surface area contributed by atoms with Crippen LogP contribution >= 0.6 is 0 Å². The van der Waals surface area contributed by atoms with Crippen LogP contribution in [0.5, 0.6) is 0 Å². The number of hydrogen-bond donors (Lipinski definition) is 1. The molecule has 0 aromatic carbocycles. The Bertz CT molecular complexity index is 261. The third kappa shape index (κ3) is 1.12. The molecule has 2 bridgehead atoms. The van der Waals surface area contributed by atoms with Crippen molar-refractivity contribution in [3.05, 3.63) is 0 Å². The van der Waals surface area contributed by atoms with Crippen LogP contribution in [-0.2, 0) is 4.79 Å². The molecule has 0 spiro atoms. The van der Waals surface area contributed by atoms with E-state index in [9.17, 15) is 4.79 Å². The monoisotopic (exact) mass is 194 g/mol. The summed E-state index contributed by atoms with van der Waals surface area (Å²) in [5.74, 6) is 3.53. The molecular formula is C12H18O2. The van der Waals surface area contributed by atoms with Gasteiger partial charge in [-0.2, -0.15) is 0 Å². The molecule has 0 amide bonds. The van der Waals surface area contributed by atoms with E-state index in [-0.39, 0.29) is 0 Å². The van der Waals surface area contributed by atoms with Gasteiger partial charge in [-0.3, -0.25) is 4.79 Å². The average molecular weight is 194 g/mol. The maximum absolute atomic E-state index is 10.7. The first-order valence-corrected chi connectivity index (χ1v) is 5.97. The summed E-state index contributed by atoms with van der Waals surface area (Å²) in [4.78, 5) is 10.7. The summed E-state index contributed by atoms with van der Waals surface area (Å²) >= 11 is 0. The van der Waals surface area contributed by atoms with Gasteiger partial charge in [-0.15, -0.1) is 0 Å². The quantitative estimate of drug-likeness (QED) is 0.733. The lowest BCUT2D eigenvalue weighted by Crippen LogP contribution is -2.25. The van der Waals surface area contributed by atoms with Gasteiger partial charge < -0.3 is 5.11 Å². The molecule has 78 valence electrons. The minimum atomic E-state index is -0.586. The van der Waals surface area contributed by atoms with Gasteiger partial charge in [0.2, 0.25) is 0 Å². The van der Waals surface area contributed by atoms with E-state index in [0.717, 1.165) is 23.7 Å². The third-order valence-corrected chi connectivity index (χ3v) is 5.00. The number of carboxylic acid groups (broad SMARTS) is 1. The lowest BCUT2D eigenvalue weighted by molar-refractivity contribution is -0.138. The van der Waals surface area contributed by atoms with Crippen molar-refractivity contribution < 1.29 is 9.90 Å². The van der Waals surface area contributed by atoms with Crippen LogP contribution in [-0.4, -0.2) is 11.1 Å². The van der Waals surface area contributed by atoms with Gasteiger partial charge in [0.15, 0.2) is 0 Å². The van der Waals surface area contributed by atoms with Crippen molar-refractivity contribution in [3.63, 3.8) is 0 Å².